The number of hydrogen-bond donors (Lipinski definition) is 2. The zero-order chi connectivity index (χ0) is 26.3. The van der Waals surface area contributed by atoms with E-state index in [-0.39, 0.29) is 23.8 Å². The van der Waals surface area contributed by atoms with E-state index in [0.29, 0.717) is 23.3 Å². The first kappa shape index (κ1) is 27.1. The van der Waals surface area contributed by atoms with Crippen molar-refractivity contribution in [3.8, 4) is 5.75 Å². The van der Waals surface area contributed by atoms with E-state index in [2.05, 4.69) is 20.8 Å². The van der Waals surface area contributed by atoms with Crippen LogP contribution in [0.15, 0.2) is 53.7 Å². The highest BCUT2D eigenvalue weighted by Crippen LogP contribution is 2.30. The first-order valence-corrected chi connectivity index (χ1v) is 12.0. The highest BCUT2D eigenvalue weighted by atomic mass is 32.2. The fourth-order valence-corrected chi connectivity index (χ4v) is 4.22. The van der Waals surface area contributed by atoms with Gasteiger partial charge in [0, 0.05) is 12.2 Å². The van der Waals surface area contributed by atoms with E-state index < -0.39 is 23.7 Å². The molecule has 0 radical (unpaired) electrons. The van der Waals surface area contributed by atoms with E-state index in [4.69, 9.17) is 4.74 Å². The first-order chi connectivity index (χ1) is 17.1. The molecule has 0 saturated carbocycles. The summed E-state index contributed by atoms with van der Waals surface area (Å²) in [6.07, 6.45) is -4.31. The molecule has 0 aliphatic carbocycles. The van der Waals surface area contributed by atoms with Crippen LogP contribution in [0.4, 0.5) is 18.9 Å². The molecule has 2 amide bonds. The molecule has 8 nitrogen and oxygen atoms in total. The third-order valence-electron chi connectivity index (χ3n) is 5.16. The minimum Gasteiger partial charge on any atom is -0.497 e. The normalized spacial score (nSPS) is 12.2. The number of halogens is 3. The van der Waals surface area contributed by atoms with Crippen molar-refractivity contribution in [3.63, 3.8) is 0 Å². The average Bonchev–Trinajstić information content (AvgIpc) is 3.26. The summed E-state index contributed by atoms with van der Waals surface area (Å²) in [5.41, 5.74) is 0.0492. The van der Waals surface area contributed by atoms with Gasteiger partial charge in [-0.25, -0.2) is 0 Å². The van der Waals surface area contributed by atoms with E-state index >= 15 is 0 Å². The molecule has 3 rings (SSSR count). The van der Waals surface area contributed by atoms with Crippen molar-refractivity contribution in [1.82, 2.24) is 20.1 Å². The first-order valence-electron chi connectivity index (χ1n) is 11.1. The molecule has 0 saturated heterocycles. The summed E-state index contributed by atoms with van der Waals surface area (Å²) in [5, 5.41) is 14.1. The van der Waals surface area contributed by atoms with Crippen molar-refractivity contribution >= 4 is 29.3 Å². The number of thioether (sulfide) groups is 1. The van der Waals surface area contributed by atoms with E-state index in [0.717, 1.165) is 29.5 Å². The van der Waals surface area contributed by atoms with Crippen LogP contribution in [-0.4, -0.2) is 39.4 Å². The van der Waals surface area contributed by atoms with Gasteiger partial charge in [0.15, 0.2) is 11.0 Å². The second-order valence-corrected chi connectivity index (χ2v) is 8.76. The molecule has 0 spiro atoms. The zero-order valence-corrected chi connectivity index (χ0v) is 20.7. The number of hydrogen-bond acceptors (Lipinski definition) is 6. The molecule has 3 aromatic rings. The number of benzene rings is 2. The Morgan fingerprint density at radius 2 is 1.83 bits per heavy atom. The lowest BCUT2D eigenvalue weighted by Crippen LogP contribution is -2.30. The SMILES string of the molecule is CCn1c(SCC(=O)Nc2cccc(C(F)(F)F)c2)nnc1[C@@H](C)NC(=O)Cc1ccc(OC)cc1. The number of amides is 2. The number of nitrogens with zero attached hydrogens (tertiary/aromatic N) is 3. The maximum absolute atomic E-state index is 12.9. The number of methoxy groups -OCH3 is 1. The fraction of sp³-hybridized carbons (Fsp3) is 0.333. The predicted octanol–water partition coefficient (Wildman–Crippen LogP) is 4.48. The second kappa shape index (κ2) is 11.9. The van der Waals surface area contributed by atoms with Crippen LogP contribution < -0.4 is 15.4 Å². The molecule has 0 fully saturated rings. The molecule has 192 valence electrons. The minimum atomic E-state index is -4.50. The summed E-state index contributed by atoms with van der Waals surface area (Å²) in [4.78, 5) is 24.8. The standard InChI is InChI=1S/C24H26F3N5O3S/c1-4-32-22(15(2)28-20(33)12-16-8-10-19(35-3)11-9-16)30-31-23(32)36-14-21(34)29-18-7-5-6-17(13-18)24(25,26)27/h5-11,13,15H,4,12,14H2,1-3H3,(H,28,33)(H,29,34)/t15-/m1/s1. The minimum absolute atomic E-state index is 0.0567. The summed E-state index contributed by atoms with van der Waals surface area (Å²) in [5.74, 6) is 0.492. The predicted molar refractivity (Wildman–Crippen MR) is 130 cm³/mol. The van der Waals surface area contributed by atoms with Crippen LogP contribution in [0.1, 0.15) is 36.8 Å². The molecule has 0 aliphatic rings. The Kier molecular flexibility index (Phi) is 8.97. The van der Waals surface area contributed by atoms with E-state index in [1.54, 1.807) is 30.7 Å². The number of nitrogens with one attached hydrogen (secondary N) is 2. The third-order valence-corrected chi connectivity index (χ3v) is 6.12. The Hall–Kier alpha value is -3.54. The quantitative estimate of drug-likeness (QED) is 0.382. The Morgan fingerprint density at radius 1 is 1.11 bits per heavy atom. The van der Waals surface area contributed by atoms with Crippen LogP contribution in [0, 0.1) is 0 Å². The summed E-state index contributed by atoms with van der Waals surface area (Å²) in [6, 6.07) is 11.2. The van der Waals surface area contributed by atoms with Crippen LogP contribution in [-0.2, 0) is 28.7 Å². The molecule has 2 N–H and O–H groups in total. The van der Waals surface area contributed by atoms with Crippen molar-refractivity contribution in [1.29, 1.82) is 0 Å². The molecule has 1 aromatic heterocycles. The van der Waals surface area contributed by atoms with Gasteiger partial charge in [-0.1, -0.05) is 30.0 Å². The number of alkyl halides is 3. The molecule has 0 aliphatic heterocycles. The van der Waals surface area contributed by atoms with Gasteiger partial charge in [-0.15, -0.1) is 10.2 Å². The van der Waals surface area contributed by atoms with Crippen LogP contribution in [0.2, 0.25) is 0 Å². The number of anilines is 1. The van der Waals surface area contributed by atoms with E-state index in [9.17, 15) is 22.8 Å². The smallest absolute Gasteiger partial charge is 0.416 e. The third kappa shape index (κ3) is 7.23. The van der Waals surface area contributed by atoms with Crippen LogP contribution in [0.5, 0.6) is 5.75 Å². The van der Waals surface area contributed by atoms with Gasteiger partial charge in [0.2, 0.25) is 11.8 Å². The lowest BCUT2D eigenvalue weighted by molar-refractivity contribution is -0.137. The van der Waals surface area contributed by atoms with Crippen LogP contribution in [0.25, 0.3) is 0 Å². The lowest BCUT2D eigenvalue weighted by Gasteiger charge is -2.15. The second-order valence-electron chi connectivity index (χ2n) is 7.81. The van der Waals surface area contributed by atoms with Gasteiger partial charge in [0.05, 0.1) is 30.9 Å². The molecule has 0 bridgehead atoms. The molecule has 2 aromatic carbocycles. The fourth-order valence-electron chi connectivity index (χ4n) is 3.41. The summed E-state index contributed by atoms with van der Waals surface area (Å²) < 4.78 is 45.5. The molecule has 36 heavy (non-hydrogen) atoms. The summed E-state index contributed by atoms with van der Waals surface area (Å²) in [6.45, 7) is 4.17. The van der Waals surface area contributed by atoms with E-state index in [1.165, 1.54) is 12.1 Å². The molecule has 1 heterocycles. The highest BCUT2D eigenvalue weighted by molar-refractivity contribution is 7.99. The van der Waals surface area contributed by atoms with E-state index in [1.807, 2.05) is 19.1 Å². The van der Waals surface area contributed by atoms with Gasteiger partial charge >= 0.3 is 6.18 Å². The molecular weight excluding hydrogens is 495 g/mol. The zero-order valence-electron chi connectivity index (χ0n) is 19.9. The molecule has 12 heteroatoms. The van der Waals surface area contributed by atoms with Gasteiger partial charge < -0.3 is 19.9 Å². The molecular formula is C24H26F3N5O3S. The van der Waals surface area contributed by atoms with Crippen molar-refractivity contribution in [3.05, 3.63) is 65.5 Å². The number of carbonyl (C=O) groups is 2. The van der Waals surface area contributed by atoms with Crippen molar-refractivity contribution in [2.45, 2.75) is 44.2 Å². The topological polar surface area (TPSA) is 98.1 Å². The molecule has 0 unspecified atom stereocenters. The van der Waals surface area contributed by atoms with Gasteiger partial charge in [-0.05, 0) is 49.7 Å². The Balaban J connectivity index is 1.57. The van der Waals surface area contributed by atoms with Crippen LogP contribution in [0.3, 0.4) is 0 Å². The number of carbonyl (C=O) groups excluding carboxylic acids is 2. The van der Waals surface area contributed by atoms with Crippen molar-refractivity contribution in [2.75, 3.05) is 18.2 Å². The van der Waals surface area contributed by atoms with Gasteiger partial charge in [0.1, 0.15) is 5.75 Å². The largest absolute Gasteiger partial charge is 0.497 e. The Morgan fingerprint density at radius 3 is 2.47 bits per heavy atom. The number of ether oxygens (including phenoxy) is 1. The van der Waals surface area contributed by atoms with Crippen molar-refractivity contribution < 1.29 is 27.5 Å². The summed E-state index contributed by atoms with van der Waals surface area (Å²) in [7, 11) is 1.57. The molecule has 1 atom stereocenters. The lowest BCUT2D eigenvalue weighted by atomic mass is 10.1. The van der Waals surface area contributed by atoms with Gasteiger partial charge in [-0.2, -0.15) is 13.2 Å². The Bertz CT molecular complexity index is 1200. The monoisotopic (exact) mass is 521 g/mol. The number of aromatic nitrogens is 3. The van der Waals surface area contributed by atoms with Crippen molar-refractivity contribution in [2.24, 2.45) is 0 Å². The highest BCUT2D eigenvalue weighted by Gasteiger charge is 2.30. The van der Waals surface area contributed by atoms with Crippen LogP contribution >= 0.6 is 11.8 Å². The maximum Gasteiger partial charge on any atom is 0.416 e. The average molecular weight is 522 g/mol. The van der Waals surface area contributed by atoms with Gasteiger partial charge in [0.25, 0.3) is 0 Å². The maximum atomic E-state index is 12.9. The summed E-state index contributed by atoms with van der Waals surface area (Å²) >= 11 is 1.10. The number of rotatable bonds is 10. The van der Waals surface area contributed by atoms with Gasteiger partial charge in [-0.3, -0.25) is 9.59 Å². The Labute approximate surface area is 210 Å².